The zero-order chi connectivity index (χ0) is 40.8. The molecule has 0 aliphatic heterocycles. The summed E-state index contributed by atoms with van der Waals surface area (Å²) in [6.45, 7) is 1.51. The van der Waals surface area contributed by atoms with Gasteiger partial charge in [-0.1, -0.05) is 42.5 Å². The first-order valence-corrected chi connectivity index (χ1v) is 20.3. The molecular weight excluding hydrogens is 757 g/mol. The van der Waals surface area contributed by atoms with Crippen molar-refractivity contribution in [1.29, 1.82) is 0 Å². The third-order valence-corrected chi connectivity index (χ3v) is 11.1. The van der Waals surface area contributed by atoms with Crippen LogP contribution in [-0.2, 0) is 26.0 Å². The quantitative estimate of drug-likeness (QED) is 0.0448. The van der Waals surface area contributed by atoms with Crippen molar-refractivity contribution in [3.63, 3.8) is 0 Å². The molecule has 0 bridgehead atoms. The first-order valence-electron chi connectivity index (χ1n) is 17.9. The zero-order valence-corrected chi connectivity index (χ0v) is 33.7. The number of amides is 3. The molecule has 0 unspecified atom stereocenters. The van der Waals surface area contributed by atoms with Crippen LogP contribution in [0.2, 0.25) is 0 Å². The van der Waals surface area contributed by atoms with E-state index in [-0.39, 0.29) is 29.5 Å². The second-order valence-corrected chi connectivity index (χ2v) is 16.2. The molecule has 4 rings (SSSR count). The van der Waals surface area contributed by atoms with E-state index in [1.165, 1.54) is 42.0 Å². The predicted molar refractivity (Wildman–Crippen MR) is 219 cm³/mol. The molecule has 0 radical (unpaired) electrons. The lowest BCUT2D eigenvalue weighted by molar-refractivity contribution is -0.384. The third kappa shape index (κ3) is 12.8. The maximum atomic E-state index is 13.3. The van der Waals surface area contributed by atoms with Crippen molar-refractivity contribution in [2.45, 2.75) is 41.5 Å². The summed E-state index contributed by atoms with van der Waals surface area (Å²) in [4.78, 5) is 53.4. The van der Waals surface area contributed by atoms with Gasteiger partial charge in [0, 0.05) is 67.4 Å². The third-order valence-electron chi connectivity index (χ3n) is 8.65. The van der Waals surface area contributed by atoms with Gasteiger partial charge in [-0.2, -0.15) is 0 Å². The normalized spacial score (nSPS) is 11.8. The number of hydrogen-bond donors (Lipinski definition) is 3. The average molecular weight is 805 g/mol. The van der Waals surface area contributed by atoms with Gasteiger partial charge in [-0.25, -0.2) is 13.1 Å². The number of thioether (sulfide) groups is 1. The van der Waals surface area contributed by atoms with Crippen LogP contribution in [0.1, 0.15) is 35.2 Å². The van der Waals surface area contributed by atoms with Gasteiger partial charge in [-0.15, -0.1) is 11.8 Å². The van der Waals surface area contributed by atoms with E-state index >= 15 is 0 Å². The largest absolute Gasteiger partial charge is 0.496 e. The lowest BCUT2D eigenvalue weighted by Gasteiger charge is -2.21. The molecule has 0 heterocycles. The number of rotatable bonds is 20. The standard InChI is InChI=1S/C40H48N6O8S2/c1-44(2)23-9-22-41-38(47)21-13-28-12-19-34(37(24-28)54-5)29-14-16-30(17-15-29)40(49)43-56(52,53)33-18-20-35(36(26-33)46(50)51)42-31(25-39(48)45(3)4)27-55-32-10-7-6-8-11-32/h6-8,10-12,14-20,24,26,31,42H,9,13,21-23,25,27H2,1-5H3,(H,41,47)(H,43,49)/t31-/m1/s1. The van der Waals surface area contributed by atoms with E-state index in [0.29, 0.717) is 36.5 Å². The minimum atomic E-state index is -4.53. The number of nitro benzene ring substituents is 1. The van der Waals surface area contributed by atoms with Crippen LogP contribution < -0.4 is 20.1 Å². The van der Waals surface area contributed by atoms with Crippen LogP contribution in [0.15, 0.2) is 101 Å². The number of aryl methyl sites for hydroxylation is 1. The van der Waals surface area contributed by atoms with E-state index in [1.54, 1.807) is 26.2 Å². The molecule has 56 heavy (non-hydrogen) atoms. The van der Waals surface area contributed by atoms with Gasteiger partial charge < -0.3 is 25.2 Å². The average Bonchev–Trinajstić information content (AvgIpc) is 3.17. The molecule has 1 atom stereocenters. The second kappa shape index (κ2) is 20.5. The first-order chi connectivity index (χ1) is 26.7. The highest BCUT2D eigenvalue weighted by Gasteiger charge is 2.26. The van der Waals surface area contributed by atoms with Gasteiger partial charge in [0.15, 0.2) is 0 Å². The first kappa shape index (κ1) is 43.3. The van der Waals surface area contributed by atoms with Crippen LogP contribution in [0.25, 0.3) is 11.1 Å². The Morgan fingerprint density at radius 1 is 0.929 bits per heavy atom. The maximum Gasteiger partial charge on any atom is 0.293 e. The molecular formula is C40H48N6O8S2. The molecule has 0 fully saturated rings. The Labute approximate surface area is 332 Å². The molecule has 0 saturated carbocycles. The summed E-state index contributed by atoms with van der Waals surface area (Å²) in [5.74, 6) is -0.179. The van der Waals surface area contributed by atoms with Crippen molar-refractivity contribution >= 4 is 50.9 Å². The molecule has 298 valence electrons. The van der Waals surface area contributed by atoms with E-state index in [9.17, 15) is 32.9 Å². The summed E-state index contributed by atoms with van der Waals surface area (Å²) in [5, 5.41) is 18.1. The Kier molecular flexibility index (Phi) is 15.8. The molecule has 3 N–H and O–H groups in total. The monoisotopic (exact) mass is 804 g/mol. The highest BCUT2D eigenvalue weighted by atomic mass is 32.2. The van der Waals surface area contributed by atoms with Crippen LogP contribution in [0.5, 0.6) is 5.75 Å². The van der Waals surface area contributed by atoms with Crippen molar-refractivity contribution in [3.8, 4) is 16.9 Å². The van der Waals surface area contributed by atoms with Gasteiger partial charge in [0.1, 0.15) is 11.4 Å². The molecule has 14 nitrogen and oxygen atoms in total. The molecule has 0 aromatic heterocycles. The summed E-state index contributed by atoms with van der Waals surface area (Å²) in [6, 6.07) is 24.1. The number of carbonyl (C=O) groups excluding carboxylic acids is 3. The fourth-order valence-electron chi connectivity index (χ4n) is 5.57. The minimum Gasteiger partial charge on any atom is -0.496 e. The van der Waals surface area contributed by atoms with Gasteiger partial charge >= 0.3 is 0 Å². The van der Waals surface area contributed by atoms with E-state index < -0.39 is 37.5 Å². The summed E-state index contributed by atoms with van der Waals surface area (Å²) < 4.78 is 34.3. The van der Waals surface area contributed by atoms with Gasteiger partial charge in [-0.3, -0.25) is 24.5 Å². The molecule has 0 aliphatic rings. The fourth-order valence-corrected chi connectivity index (χ4v) is 7.51. The van der Waals surface area contributed by atoms with Crippen LogP contribution in [-0.4, -0.2) is 101 Å². The number of nitrogens with one attached hydrogen (secondary N) is 3. The molecule has 0 aliphatic carbocycles. The molecule has 4 aromatic carbocycles. The Bertz CT molecular complexity index is 2100. The number of carbonyl (C=O) groups is 3. The van der Waals surface area contributed by atoms with E-state index in [4.69, 9.17) is 4.74 Å². The Morgan fingerprint density at radius 2 is 1.64 bits per heavy atom. The molecule has 3 amide bonds. The van der Waals surface area contributed by atoms with E-state index in [0.717, 1.165) is 41.1 Å². The van der Waals surface area contributed by atoms with Crippen LogP contribution >= 0.6 is 11.8 Å². The van der Waals surface area contributed by atoms with Crippen molar-refractivity contribution in [2.75, 3.05) is 59.5 Å². The number of anilines is 1. The van der Waals surface area contributed by atoms with Gasteiger partial charge in [-0.05, 0) is 87.1 Å². The highest BCUT2D eigenvalue weighted by Crippen LogP contribution is 2.32. The smallest absolute Gasteiger partial charge is 0.293 e. The molecule has 0 saturated heterocycles. The van der Waals surface area contributed by atoms with Gasteiger partial charge in [0.2, 0.25) is 11.8 Å². The topological polar surface area (TPSA) is 180 Å². The van der Waals surface area contributed by atoms with Crippen LogP contribution in [0.3, 0.4) is 0 Å². The Morgan fingerprint density at radius 3 is 2.29 bits per heavy atom. The lowest BCUT2D eigenvalue weighted by atomic mass is 9.99. The van der Waals surface area contributed by atoms with Crippen LogP contribution in [0.4, 0.5) is 11.4 Å². The number of methoxy groups -OCH3 is 1. The van der Waals surface area contributed by atoms with Crippen molar-refractivity contribution in [2.24, 2.45) is 0 Å². The van der Waals surface area contributed by atoms with E-state index in [2.05, 4.69) is 15.5 Å². The lowest BCUT2D eigenvalue weighted by Crippen LogP contribution is -2.32. The number of nitrogens with zero attached hydrogens (tertiary/aromatic N) is 3. The van der Waals surface area contributed by atoms with Gasteiger partial charge in [0.25, 0.3) is 21.6 Å². The van der Waals surface area contributed by atoms with E-state index in [1.807, 2.05) is 67.3 Å². The molecule has 0 spiro atoms. The van der Waals surface area contributed by atoms with Crippen molar-refractivity contribution in [1.82, 2.24) is 19.8 Å². The summed E-state index contributed by atoms with van der Waals surface area (Å²) in [5.41, 5.74) is 1.90. The Balaban J connectivity index is 1.43. The number of ether oxygens (including phenoxy) is 1. The number of sulfonamides is 1. The minimum absolute atomic E-state index is 0.0256. The summed E-state index contributed by atoms with van der Waals surface area (Å²) in [7, 11) is 4.21. The number of nitro groups is 1. The number of hydrogen-bond acceptors (Lipinski definition) is 11. The molecule has 4 aromatic rings. The summed E-state index contributed by atoms with van der Waals surface area (Å²) >= 11 is 1.47. The van der Waals surface area contributed by atoms with Gasteiger partial charge in [0.05, 0.1) is 16.9 Å². The van der Waals surface area contributed by atoms with Crippen molar-refractivity contribution in [3.05, 3.63) is 112 Å². The molecule has 16 heteroatoms. The maximum absolute atomic E-state index is 13.3. The number of benzene rings is 4. The summed E-state index contributed by atoms with van der Waals surface area (Å²) in [6.07, 6.45) is 1.76. The zero-order valence-electron chi connectivity index (χ0n) is 32.1. The van der Waals surface area contributed by atoms with Crippen LogP contribution in [0, 0.1) is 10.1 Å². The van der Waals surface area contributed by atoms with Crippen molar-refractivity contribution < 1.29 is 32.5 Å². The fraction of sp³-hybridized carbons (Fsp3) is 0.325. The Hall–Kier alpha value is -5.45. The predicted octanol–water partition coefficient (Wildman–Crippen LogP) is 5.44. The highest BCUT2D eigenvalue weighted by molar-refractivity contribution is 7.99. The SMILES string of the molecule is COc1cc(CCC(=O)NCCCN(C)C)ccc1-c1ccc(C(=O)NS(=O)(=O)c2ccc(N[C@@H](CSc3ccccc3)CC(=O)N(C)C)c([N+](=O)[O-])c2)cc1. The second-order valence-electron chi connectivity index (χ2n) is 13.4.